The molecule has 0 spiro atoms. The van der Waals surface area contributed by atoms with E-state index in [2.05, 4.69) is 5.32 Å². The van der Waals surface area contributed by atoms with Crippen LogP contribution in [0.15, 0.2) is 0 Å². The van der Waals surface area contributed by atoms with Gasteiger partial charge in [0.25, 0.3) is 0 Å². The third kappa shape index (κ3) is 8.68. The maximum Gasteiger partial charge on any atom is 0.323 e. The highest BCUT2D eigenvalue weighted by Crippen LogP contribution is 1.98. The number of nitrogens with two attached hydrogens (primary N) is 1. The monoisotopic (exact) mass is 277 g/mol. The molecule has 0 aromatic rings. The van der Waals surface area contributed by atoms with Crippen molar-refractivity contribution in [3.63, 3.8) is 0 Å². The van der Waals surface area contributed by atoms with Crippen molar-refractivity contribution in [2.75, 3.05) is 31.6 Å². The van der Waals surface area contributed by atoms with Gasteiger partial charge in [-0.1, -0.05) is 0 Å². The number of carbonyl (C=O) groups is 3. The van der Waals surface area contributed by atoms with Crippen LogP contribution in [0.4, 0.5) is 4.79 Å². The van der Waals surface area contributed by atoms with E-state index in [-0.39, 0.29) is 0 Å². The Balaban J connectivity index is 4.04. The third-order valence-electron chi connectivity index (χ3n) is 2.01. The topological polar surface area (TPSA) is 113 Å². The highest BCUT2D eigenvalue weighted by molar-refractivity contribution is 7.98. The number of carboxylic acid groups (broad SMARTS) is 1. The van der Waals surface area contributed by atoms with Gasteiger partial charge < -0.3 is 21.1 Å². The Labute approximate surface area is 110 Å². The Morgan fingerprint density at radius 2 is 1.94 bits per heavy atom. The zero-order valence-electron chi connectivity index (χ0n) is 10.3. The molecule has 0 unspecified atom stereocenters. The van der Waals surface area contributed by atoms with Crippen molar-refractivity contribution in [1.82, 2.24) is 10.2 Å². The first-order valence-corrected chi connectivity index (χ1v) is 6.88. The number of amides is 3. The van der Waals surface area contributed by atoms with Crippen LogP contribution in [0.25, 0.3) is 0 Å². The quantitative estimate of drug-likeness (QED) is 0.501. The normalized spacial score (nSPS) is 9.83. The number of hydrogen-bond donors (Lipinski definition) is 3. The summed E-state index contributed by atoms with van der Waals surface area (Å²) in [7, 11) is 0. The van der Waals surface area contributed by atoms with Crippen molar-refractivity contribution >= 4 is 29.7 Å². The van der Waals surface area contributed by atoms with Crippen molar-refractivity contribution in [3.05, 3.63) is 0 Å². The number of nitrogens with zero attached hydrogens (tertiary/aromatic N) is 1. The molecule has 0 fully saturated rings. The molecule has 0 aliphatic heterocycles. The number of aliphatic carboxylic acids is 1. The minimum absolute atomic E-state index is 0.400. The molecule has 0 aliphatic rings. The lowest BCUT2D eigenvalue weighted by molar-refractivity contribution is -0.137. The van der Waals surface area contributed by atoms with Crippen LogP contribution in [-0.4, -0.2) is 59.6 Å². The number of hydrogen-bond acceptors (Lipinski definition) is 4. The van der Waals surface area contributed by atoms with Crippen molar-refractivity contribution in [2.45, 2.75) is 12.8 Å². The Bertz CT molecular complexity index is 283. The molecule has 104 valence electrons. The molecule has 0 aromatic heterocycles. The fourth-order valence-electron chi connectivity index (χ4n) is 1.23. The first-order valence-electron chi connectivity index (χ1n) is 5.49. The number of primary amides is 1. The second-order valence-corrected chi connectivity index (χ2v) is 4.63. The summed E-state index contributed by atoms with van der Waals surface area (Å²) in [4.78, 5) is 33.7. The van der Waals surface area contributed by atoms with Crippen molar-refractivity contribution in [2.24, 2.45) is 5.73 Å². The van der Waals surface area contributed by atoms with Crippen LogP contribution < -0.4 is 11.1 Å². The molecular formula is C10H19N3O4S. The predicted molar refractivity (Wildman–Crippen MR) is 69.4 cm³/mol. The first-order chi connectivity index (χ1) is 8.47. The largest absolute Gasteiger partial charge is 0.480 e. The number of unbranched alkanes of at least 4 members (excludes halogenated alkanes) is 1. The molecule has 3 amide bonds. The lowest BCUT2D eigenvalue weighted by Gasteiger charge is -2.19. The van der Waals surface area contributed by atoms with Crippen LogP contribution in [-0.2, 0) is 9.59 Å². The smallest absolute Gasteiger partial charge is 0.323 e. The second-order valence-electron chi connectivity index (χ2n) is 3.65. The van der Waals surface area contributed by atoms with Gasteiger partial charge in [0, 0.05) is 6.54 Å². The Kier molecular flexibility index (Phi) is 8.81. The van der Waals surface area contributed by atoms with Gasteiger partial charge in [0.05, 0.1) is 0 Å². The van der Waals surface area contributed by atoms with Crippen LogP contribution in [0.3, 0.4) is 0 Å². The molecule has 0 bridgehead atoms. The van der Waals surface area contributed by atoms with E-state index in [1.807, 2.05) is 6.26 Å². The molecule has 0 aromatic carbocycles. The molecule has 0 saturated heterocycles. The van der Waals surface area contributed by atoms with Crippen LogP contribution >= 0.6 is 11.8 Å². The molecule has 0 saturated carbocycles. The molecule has 7 nitrogen and oxygen atoms in total. The zero-order chi connectivity index (χ0) is 14.0. The van der Waals surface area contributed by atoms with Crippen molar-refractivity contribution in [3.8, 4) is 0 Å². The average molecular weight is 277 g/mol. The standard InChI is InChI=1S/C10H19N3O4S/c1-18-5-3-2-4-12-10(17)13(6-8(11)14)7-9(15)16/h2-7H2,1H3,(H2,11,14)(H,12,17)(H,15,16). The van der Waals surface area contributed by atoms with Gasteiger partial charge in [-0.05, 0) is 24.9 Å². The summed E-state index contributed by atoms with van der Waals surface area (Å²) in [5, 5.41) is 11.2. The Morgan fingerprint density at radius 1 is 1.28 bits per heavy atom. The number of carbonyl (C=O) groups excluding carboxylic acids is 2. The van der Waals surface area contributed by atoms with E-state index in [1.54, 1.807) is 11.8 Å². The summed E-state index contributed by atoms with van der Waals surface area (Å²) in [5.74, 6) is -0.918. The maximum atomic E-state index is 11.6. The molecule has 0 atom stereocenters. The summed E-state index contributed by atoms with van der Waals surface area (Å²) in [5.41, 5.74) is 4.94. The Hall–Kier alpha value is -1.44. The maximum absolute atomic E-state index is 11.6. The summed E-state index contributed by atoms with van der Waals surface area (Å²) < 4.78 is 0. The van der Waals surface area contributed by atoms with E-state index in [4.69, 9.17) is 10.8 Å². The first kappa shape index (κ1) is 16.6. The molecule has 8 heteroatoms. The fraction of sp³-hybridized carbons (Fsp3) is 0.700. The second kappa shape index (κ2) is 9.58. The van der Waals surface area contributed by atoms with Gasteiger partial charge in [0.15, 0.2) is 0 Å². The van der Waals surface area contributed by atoms with Gasteiger partial charge in [0.1, 0.15) is 13.1 Å². The van der Waals surface area contributed by atoms with Crippen LogP contribution in [0.2, 0.25) is 0 Å². The van der Waals surface area contributed by atoms with Crippen LogP contribution in [0, 0.1) is 0 Å². The predicted octanol–water partition coefficient (Wildman–Crippen LogP) is -0.289. The SMILES string of the molecule is CSCCCCNC(=O)N(CC(N)=O)CC(=O)O. The van der Waals surface area contributed by atoms with Crippen LogP contribution in [0.5, 0.6) is 0 Å². The fourth-order valence-corrected chi connectivity index (χ4v) is 1.72. The van der Waals surface area contributed by atoms with Gasteiger partial charge in [-0.25, -0.2) is 4.79 Å². The molecule has 4 N–H and O–H groups in total. The van der Waals surface area contributed by atoms with E-state index >= 15 is 0 Å². The van der Waals surface area contributed by atoms with Gasteiger partial charge in [0.2, 0.25) is 5.91 Å². The van der Waals surface area contributed by atoms with E-state index in [9.17, 15) is 14.4 Å². The number of thioether (sulfide) groups is 1. The van der Waals surface area contributed by atoms with Gasteiger partial charge in [-0.3, -0.25) is 9.59 Å². The molecular weight excluding hydrogens is 258 g/mol. The summed E-state index contributed by atoms with van der Waals surface area (Å²) >= 11 is 1.72. The van der Waals surface area contributed by atoms with Gasteiger partial charge >= 0.3 is 12.0 Å². The molecule has 18 heavy (non-hydrogen) atoms. The minimum atomic E-state index is -1.19. The summed E-state index contributed by atoms with van der Waals surface area (Å²) in [6, 6.07) is -0.583. The average Bonchev–Trinajstić information content (AvgIpc) is 2.26. The van der Waals surface area contributed by atoms with Gasteiger partial charge in [-0.2, -0.15) is 11.8 Å². The molecule has 0 radical (unpaired) electrons. The Morgan fingerprint density at radius 3 is 2.44 bits per heavy atom. The number of rotatable bonds is 9. The lowest BCUT2D eigenvalue weighted by atomic mass is 10.3. The van der Waals surface area contributed by atoms with E-state index in [0.29, 0.717) is 6.54 Å². The molecule has 0 rings (SSSR count). The van der Waals surface area contributed by atoms with Crippen molar-refractivity contribution in [1.29, 1.82) is 0 Å². The zero-order valence-corrected chi connectivity index (χ0v) is 11.2. The highest BCUT2D eigenvalue weighted by Gasteiger charge is 2.17. The number of carboxylic acids is 1. The summed E-state index contributed by atoms with van der Waals surface area (Å²) in [6.45, 7) is -0.489. The van der Waals surface area contributed by atoms with E-state index < -0.39 is 31.0 Å². The number of nitrogens with one attached hydrogen (secondary N) is 1. The van der Waals surface area contributed by atoms with Gasteiger partial charge in [-0.15, -0.1) is 0 Å². The summed E-state index contributed by atoms with van der Waals surface area (Å²) in [6.07, 6.45) is 3.78. The minimum Gasteiger partial charge on any atom is -0.480 e. The van der Waals surface area contributed by atoms with Crippen molar-refractivity contribution < 1.29 is 19.5 Å². The highest BCUT2D eigenvalue weighted by atomic mass is 32.2. The third-order valence-corrected chi connectivity index (χ3v) is 2.71. The van der Waals surface area contributed by atoms with Crippen LogP contribution in [0.1, 0.15) is 12.8 Å². The molecule has 0 aliphatic carbocycles. The number of urea groups is 1. The van der Waals surface area contributed by atoms with E-state index in [0.717, 1.165) is 23.5 Å². The van der Waals surface area contributed by atoms with E-state index in [1.165, 1.54) is 0 Å². The lowest BCUT2D eigenvalue weighted by Crippen LogP contribution is -2.46. The molecule has 0 heterocycles.